The predicted molar refractivity (Wildman–Crippen MR) is 147 cm³/mol. The third kappa shape index (κ3) is 6.94. The highest BCUT2D eigenvalue weighted by molar-refractivity contribution is 6.14. The number of ether oxygens (including phenoxy) is 2. The molecule has 0 amide bonds. The largest absolute Gasteiger partial charge is 0.490 e. The Morgan fingerprint density at radius 2 is 1.17 bits per heavy atom. The first-order valence-corrected chi connectivity index (χ1v) is 12.0. The van der Waals surface area contributed by atoms with Crippen LogP contribution in [0.2, 0.25) is 0 Å². The molecule has 0 radical (unpaired) electrons. The summed E-state index contributed by atoms with van der Waals surface area (Å²) in [5.74, 6) is 1.64. The third-order valence-electron chi connectivity index (χ3n) is 5.80. The molecule has 1 saturated heterocycles. The molecule has 0 spiro atoms. The van der Waals surface area contributed by atoms with E-state index in [0.717, 1.165) is 40.3 Å². The zero-order valence-electron chi connectivity index (χ0n) is 20.4. The van der Waals surface area contributed by atoms with Crippen LogP contribution in [-0.2, 0) is 11.3 Å². The van der Waals surface area contributed by atoms with Crippen molar-refractivity contribution in [2.75, 3.05) is 26.3 Å². The number of carbonyl (C=O) groups is 1. The van der Waals surface area contributed by atoms with E-state index in [9.17, 15) is 4.79 Å². The van der Waals surface area contributed by atoms with Crippen molar-refractivity contribution in [3.8, 4) is 11.5 Å². The van der Waals surface area contributed by atoms with Gasteiger partial charge in [0.1, 0.15) is 24.7 Å². The fraction of sp³-hybridized carbons (Fsp3) is 0.156. The second-order valence-corrected chi connectivity index (χ2v) is 8.64. The van der Waals surface area contributed by atoms with Crippen LogP contribution in [0.15, 0.2) is 115 Å². The Morgan fingerprint density at radius 1 is 0.694 bits per heavy atom. The number of Topliss-reactive ketones (excluding diaryl/α,β-unsaturated/α-hetero) is 1. The van der Waals surface area contributed by atoms with Gasteiger partial charge in [0.25, 0.3) is 0 Å². The number of hydrogen-bond acceptors (Lipinski definition) is 4. The van der Waals surface area contributed by atoms with Gasteiger partial charge >= 0.3 is 0 Å². The minimum atomic E-state index is 0.0817. The van der Waals surface area contributed by atoms with Crippen LogP contribution < -0.4 is 9.47 Å². The monoisotopic (exact) mass is 477 g/mol. The van der Waals surface area contributed by atoms with Crippen LogP contribution in [0.4, 0.5) is 0 Å². The van der Waals surface area contributed by atoms with Gasteiger partial charge in [-0.15, -0.1) is 0 Å². The van der Waals surface area contributed by atoms with Gasteiger partial charge in [-0.1, -0.05) is 79.9 Å². The summed E-state index contributed by atoms with van der Waals surface area (Å²) in [6.45, 7) is 10.2. The highest BCUT2D eigenvalue weighted by atomic mass is 16.5. The van der Waals surface area contributed by atoms with Crippen LogP contribution in [0.3, 0.4) is 0 Å². The molecule has 1 aliphatic heterocycles. The molecule has 0 unspecified atom stereocenters. The number of rotatable bonds is 10. The van der Waals surface area contributed by atoms with Crippen LogP contribution in [-0.4, -0.2) is 37.0 Å². The van der Waals surface area contributed by atoms with E-state index in [1.165, 1.54) is 5.56 Å². The zero-order chi connectivity index (χ0) is 25.2. The summed E-state index contributed by atoms with van der Waals surface area (Å²) in [5, 5.41) is 0. The SMILES string of the molecule is C=CCOc1ccc(C=C2CN(Cc3ccccc3)CC(=Cc3ccc(OCC=C)cc3)C2=O)cc1. The molecule has 4 heteroatoms. The maximum Gasteiger partial charge on any atom is 0.187 e. The Kier molecular flexibility index (Phi) is 8.68. The molecule has 0 aromatic heterocycles. The topological polar surface area (TPSA) is 38.8 Å². The van der Waals surface area contributed by atoms with Crippen molar-refractivity contribution in [1.29, 1.82) is 0 Å². The maximum atomic E-state index is 13.5. The zero-order valence-corrected chi connectivity index (χ0v) is 20.4. The molecule has 36 heavy (non-hydrogen) atoms. The molecule has 0 bridgehead atoms. The molecule has 1 heterocycles. The quantitative estimate of drug-likeness (QED) is 0.251. The van der Waals surface area contributed by atoms with Crippen molar-refractivity contribution < 1.29 is 14.3 Å². The lowest BCUT2D eigenvalue weighted by molar-refractivity contribution is -0.113. The fourth-order valence-electron chi connectivity index (χ4n) is 4.10. The molecule has 0 N–H and O–H groups in total. The highest BCUT2D eigenvalue weighted by Crippen LogP contribution is 2.25. The van der Waals surface area contributed by atoms with Gasteiger partial charge in [0.15, 0.2) is 5.78 Å². The Labute approximate surface area is 213 Å². The number of ketones is 1. The van der Waals surface area contributed by atoms with Crippen LogP contribution in [0.25, 0.3) is 12.2 Å². The van der Waals surface area contributed by atoms with Crippen LogP contribution in [0.5, 0.6) is 11.5 Å². The van der Waals surface area contributed by atoms with Gasteiger partial charge in [-0.3, -0.25) is 9.69 Å². The molecule has 182 valence electrons. The number of likely N-dealkylation sites (tertiary alicyclic amines) is 1. The summed E-state index contributed by atoms with van der Waals surface area (Å²) >= 11 is 0. The van der Waals surface area contributed by atoms with Gasteiger partial charge in [-0.2, -0.15) is 0 Å². The van der Waals surface area contributed by atoms with Crippen LogP contribution >= 0.6 is 0 Å². The highest BCUT2D eigenvalue weighted by Gasteiger charge is 2.26. The number of benzene rings is 3. The van der Waals surface area contributed by atoms with E-state index in [1.807, 2.05) is 78.9 Å². The molecular formula is C32H31NO3. The molecule has 3 aromatic carbocycles. The second kappa shape index (κ2) is 12.5. The minimum Gasteiger partial charge on any atom is -0.490 e. The van der Waals surface area contributed by atoms with Gasteiger partial charge in [0.2, 0.25) is 0 Å². The normalized spacial score (nSPS) is 16.2. The summed E-state index contributed by atoms with van der Waals surface area (Å²) in [4.78, 5) is 15.8. The summed E-state index contributed by atoms with van der Waals surface area (Å²) in [7, 11) is 0. The molecule has 3 aromatic rings. The maximum absolute atomic E-state index is 13.5. The predicted octanol–water partition coefficient (Wildman–Crippen LogP) is 6.37. The van der Waals surface area contributed by atoms with Crippen molar-refractivity contribution in [1.82, 2.24) is 4.90 Å². The van der Waals surface area contributed by atoms with Gasteiger partial charge in [0.05, 0.1) is 0 Å². The summed E-state index contributed by atoms with van der Waals surface area (Å²) < 4.78 is 11.2. The lowest BCUT2D eigenvalue weighted by Gasteiger charge is -2.30. The van der Waals surface area contributed by atoms with E-state index in [1.54, 1.807) is 12.2 Å². The van der Waals surface area contributed by atoms with Gasteiger partial charge in [0, 0.05) is 30.8 Å². The standard InChI is InChI=1S/C32H31NO3/c1-3-18-35-30-14-10-25(11-15-30)20-28-23-33(22-27-8-6-5-7-9-27)24-29(32(28)34)21-26-12-16-31(17-13-26)36-19-4-2/h3-17,20-21H,1-2,18-19,22-24H2. The Bertz CT molecular complexity index is 1160. The Balaban J connectivity index is 1.59. The lowest BCUT2D eigenvalue weighted by Crippen LogP contribution is -2.37. The van der Waals surface area contributed by atoms with E-state index in [4.69, 9.17) is 9.47 Å². The molecule has 0 atom stereocenters. The van der Waals surface area contributed by atoms with Crippen molar-refractivity contribution in [2.24, 2.45) is 0 Å². The van der Waals surface area contributed by atoms with Crippen molar-refractivity contribution in [2.45, 2.75) is 6.54 Å². The number of carbonyl (C=O) groups excluding carboxylic acids is 1. The van der Waals surface area contributed by atoms with E-state index in [0.29, 0.717) is 26.3 Å². The first kappa shape index (κ1) is 25.0. The van der Waals surface area contributed by atoms with Gasteiger partial charge in [-0.25, -0.2) is 0 Å². The Morgan fingerprint density at radius 3 is 1.61 bits per heavy atom. The van der Waals surface area contributed by atoms with Crippen molar-refractivity contribution >= 4 is 17.9 Å². The summed E-state index contributed by atoms with van der Waals surface area (Å²) in [5.41, 5.74) is 4.70. The Hall–Kier alpha value is -4.15. The summed E-state index contributed by atoms with van der Waals surface area (Å²) in [6, 6.07) is 25.9. The summed E-state index contributed by atoms with van der Waals surface area (Å²) in [6.07, 6.45) is 7.40. The second-order valence-electron chi connectivity index (χ2n) is 8.64. The fourth-order valence-corrected chi connectivity index (χ4v) is 4.10. The number of nitrogens with zero attached hydrogens (tertiary/aromatic N) is 1. The van der Waals surface area contributed by atoms with Crippen molar-refractivity contribution in [3.05, 3.63) is 132 Å². The van der Waals surface area contributed by atoms with E-state index in [-0.39, 0.29) is 5.78 Å². The first-order chi connectivity index (χ1) is 17.6. The van der Waals surface area contributed by atoms with Gasteiger partial charge in [-0.05, 0) is 53.1 Å². The van der Waals surface area contributed by atoms with E-state index in [2.05, 4.69) is 30.2 Å². The van der Waals surface area contributed by atoms with Crippen LogP contribution in [0, 0.1) is 0 Å². The molecular weight excluding hydrogens is 446 g/mol. The van der Waals surface area contributed by atoms with E-state index < -0.39 is 0 Å². The van der Waals surface area contributed by atoms with Crippen LogP contribution in [0.1, 0.15) is 16.7 Å². The molecule has 0 aliphatic carbocycles. The number of hydrogen-bond donors (Lipinski definition) is 0. The minimum absolute atomic E-state index is 0.0817. The molecule has 4 nitrogen and oxygen atoms in total. The van der Waals surface area contributed by atoms with E-state index >= 15 is 0 Å². The molecule has 0 saturated carbocycles. The smallest absolute Gasteiger partial charge is 0.187 e. The average molecular weight is 478 g/mol. The molecule has 1 aliphatic rings. The molecule has 1 fully saturated rings. The number of piperidine rings is 1. The molecule has 4 rings (SSSR count). The van der Waals surface area contributed by atoms with Gasteiger partial charge < -0.3 is 9.47 Å². The van der Waals surface area contributed by atoms with Crippen molar-refractivity contribution in [3.63, 3.8) is 0 Å². The first-order valence-electron chi connectivity index (χ1n) is 12.0. The lowest BCUT2D eigenvalue weighted by atomic mass is 9.94. The third-order valence-corrected chi connectivity index (χ3v) is 5.80. The average Bonchev–Trinajstić information content (AvgIpc) is 2.91.